The minimum absolute atomic E-state index is 0.699. The van der Waals surface area contributed by atoms with Crippen LogP contribution in [0.25, 0.3) is 0 Å². The molecule has 0 heterocycles. The second-order valence-electron chi connectivity index (χ2n) is 2.88. The van der Waals surface area contributed by atoms with Crippen LogP contribution in [0.1, 0.15) is 26.7 Å². The van der Waals surface area contributed by atoms with Crippen molar-refractivity contribution in [3.63, 3.8) is 0 Å². The van der Waals surface area contributed by atoms with Crippen LogP contribution in [-0.4, -0.2) is 0 Å². The van der Waals surface area contributed by atoms with Crippen molar-refractivity contribution in [2.24, 2.45) is 11.7 Å². The van der Waals surface area contributed by atoms with Gasteiger partial charge in [0.05, 0.1) is 0 Å². The molecule has 56 valence electrons. The summed E-state index contributed by atoms with van der Waals surface area (Å²) in [7, 11) is 0. The molecule has 0 bridgehead atoms. The van der Waals surface area contributed by atoms with Gasteiger partial charge < -0.3 is 5.73 Å². The Morgan fingerprint density at radius 1 is 1.70 bits per heavy atom. The van der Waals surface area contributed by atoms with Gasteiger partial charge in [-0.15, -0.1) is 0 Å². The summed E-state index contributed by atoms with van der Waals surface area (Å²) in [6.07, 6.45) is 6.55. The van der Waals surface area contributed by atoms with Crippen LogP contribution in [0.15, 0.2) is 23.4 Å². The fraction of sp³-hybridized carbons (Fsp3) is 0.556. The van der Waals surface area contributed by atoms with Crippen LogP contribution in [0.2, 0.25) is 0 Å². The maximum atomic E-state index is 5.74. The van der Waals surface area contributed by atoms with Gasteiger partial charge in [0.25, 0.3) is 0 Å². The zero-order valence-corrected chi connectivity index (χ0v) is 6.72. The molecule has 10 heavy (non-hydrogen) atoms. The molecule has 2 N–H and O–H groups in total. The first-order chi connectivity index (χ1) is 4.75. The van der Waals surface area contributed by atoms with E-state index in [1.54, 1.807) is 0 Å². The maximum absolute atomic E-state index is 5.74. The molecule has 0 amide bonds. The number of nitrogens with two attached hydrogens (primary N) is 1. The number of hydrogen-bond acceptors (Lipinski definition) is 1. The van der Waals surface area contributed by atoms with E-state index in [4.69, 9.17) is 5.73 Å². The lowest BCUT2D eigenvalue weighted by atomic mass is 9.89. The highest BCUT2D eigenvalue weighted by Crippen LogP contribution is 2.24. The zero-order valence-electron chi connectivity index (χ0n) is 6.72. The lowest BCUT2D eigenvalue weighted by Gasteiger charge is -2.18. The Balaban J connectivity index is 2.77. The van der Waals surface area contributed by atoms with Gasteiger partial charge >= 0.3 is 0 Å². The summed E-state index contributed by atoms with van der Waals surface area (Å²) in [4.78, 5) is 0. The van der Waals surface area contributed by atoms with Gasteiger partial charge in [-0.3, -0.25) is 0 Å². The van der Waals surface area contributed by atoms with E-state index in [2.05, 4.69) is 19.9 Å². The standard InChI is InChI=1S/C9H15N/c1-3-8-5-4-6-9(10)7(8)2/h4,6,8H,3,5,10H2,1-2H3/t8-/m0/s1. The van der Waals surface area contributed by atoms with E-state index in [1.807, 2.05) is 6.08 Å². The molecule has 0 radical (unpaired) electrons. The molecule has 1 atom stereocenters. The molecule has 1 heteroatoms. The van der Waals surface area contributed by atoms with Gasteiger partial charge in [0.2, 0.25) is 0 Å². The minimum Gasteiger partial charge on any atom is -0.399 e. The summed E-state index contributed by atoms with van der Waals surface area (Å²) in [5.41, 5.74) is 8.07. The predicted molar refractivity (Wildman–Crippen MR) is 44.4 cm³/mol. The fourth-order valence-corrected chi connectivity index (χ4v) is 1.38. The Labute approximate surface area is 62.6 Å². The van der Waals surface area contributed by atoms with Gasteiger partial charge in [-0.05, 0) is 37.3 Å². The predicted octanol–water partition coefficient (Wildman–Crippen LogP) is 2.21. The molecule has 0 saturated heterocycles. The highest BCUT2D eigenvalue weighted by atomic mass is 14.6. The van der Waals surface area contributed by atoms with E-state index in [9.17, 15) is 0 Å². The van der Waals surface area contributed by atoms with Crippen molar-refractivity contribution in [3.05, 3.63) is 23.4 Å². The Morgan fingerprint density at radius 3 is 2.90 bits per heavy atom. The van der Waals surface area contributed by atoms with Gasteiger partial charge in [-0.2, -0.15) is 0 Å². The summed E-state index contributed by atoms with van der Waals surface area (Å²) in [6.45, 7) is 4.34. The van der Waals surface area contributed by atoms with E-state index in [1.165, 1.54) is 18.4 Å². The average molecular weight is 137 g/mol. The molecule has 1 aliphatic rings. The quantitative estimate of drug-likeness (QED) is 0.589. The zero-order chi connectivity index (χ0) is 7.56. The van der Waals surface area contributed by atoms with E-state index >= 15 is 0 Å². The fourth-order valence-electron chi connectivity index (χ4n) is 1.38. The second kappa shape index (κ2) is 2.91. The summed E-state index contributed by atoms with van der Waals surface area (Å²) in [6, 6.07) is 0. The molecule has 0 aromatic rings. The molecule has 1 aliphatic carbocycles. The summed E-state index contributed by atoms with van der Waals surface area (Å²) >= 11 is 0. The van der Waals surface area contributed by atoms with Gasteiger partial charge in [-0.1, -0.05) is 13.0 Å². The Morgan fingerprint density at radius 2 is 2.40 bits per heavy atom. The van der Waals surface area contributed by atoms with Crippen LogP contribution in [0.4, 0.5) is 0 Å². The van der Waals surface area contributed by atoms with Gasteiger partial charge in [0.1, 0.15) is 0 Å². The summed E-state index contributed by atoms with van der Waals surface area (Å²) in [5, 5.41) is 0. The van der Waals surface area contributed by atoms with Crippen molar-refractivity contribution in [2.75, 3.05) is 0 Å². The largest absolute Gasteiger partial charge is 0.399 e. The number of allylic oxidation sites excluding steroid dienone is 3. The Bertz CT molecular complexity index is 177. The molecule has 0 aliphatic heterocycles. The van der Waals surface area contributed by atoms with Crippen LogP contribution in [0.5, 0.6) is 0 Å². The SMILES string of the molecule is CC[C@H]1CC=CC(N)=C1C. The lowest BCUT2D eigenvalue weighted by molar-refractivity contribution is 0.588. The minimum atomic E-state index is 0.699. The molecule has 1 nitrogen and oxygen atoms in total. The smallest absolute Gasteiger partial charge is 0.0302 e. The van der Waals surface area contributed by atoms with Crippen LogP contribution in [0.3, 0.4) is 0 Å². The molecule has 0 fully saturated rings. The topological polar surface area (TPSA) is 26.0 Å². The maximum Gasteiger partial charge on any atom is 0.0302 e. The van der Waals surface area contributed by atoms with Gasteiger partial charge in [-0.25, -0.2) is 0 Å². The molecule has 0 aromatic heterocycles. The van der Waals surface area contributed by atoms with Crippen molar-refractivity contribution < 1.29 is 0 Å². The number of rotatable bonds is 1. The third-order valence-corrected chi connectivity index (χ3v) is 2.28. The van der Waals surface area contributed by atoms with Crippen molar-refractivity contribution in [2.45, 2.75) is 26.7 Å². The second-order valence-corrected chi connectivity index (χ2v) is 2.88. The normalized spacial score (nSPS) is 25.6. The van der Waals surface area contributed by atoms with Crippen molar-refractivity contribution in [1.82, 2.24) is 0 Å². The van der Waals surface area contributed by atoms with E-state index in [-0.39, 0.29) is 0 Å². The third-order valence-electron chi connectivity index (χ3n) is 2.28. The van der Waals surface area contributed by atoms with Crippen LogP contribution in [-0.2, 0) is 0 Å². The van der Waals surface area contributed by atoms with Gasteiger partial charge in [0.15, 0.2) is 0 Å². The van der Waals surface area contributed by atoms with E-state index in [0.717, 1.165) is 5.70 Å². The molecule has 0 aromatic carbocycles. The van der Waals surface area contributed by atoms with Crippen molar-refractivity contribution in [1.29, 1.82) is 0 Å². The molecule has 1 rings (SSSR count). The molecular weight excluding hydrogens is 122 g/mol. The van der Waals surface area contributed by atoms with E-state index < -0.39 is 0 Å². The molecule has 0 unspecified atom stereocenters. The van der Waals surface area contributed by atoms with Crippen LogP contribution < -0.4 is 5.73 Å². The highest BCUT2D eigenvalue weighted by Gasteiger charge is 2.11. The first kappa shape index (κ1) is 7.39. The summed E-state index contributed by atoms with van der Waals surface area (Å²) in [5.74, 6) is 0.699. The van der Waals surface area contributed by atoms with Crippen molar-refractivity contribution in [3.8, 4) is 0 Å². The molecule has 0 saturated carbocycles. The third kappa shape index (κ3) is 1.23. The van der Waals surface area contributed by atoms with Crippen LogP contribution in [0, 0.1) is 5.92 Å². The van der Waals surface area contributed by atoms with Gasteiger partial charge in [0, 0.05) is 5.70 Å². The van der Waals surface area contributed by atoms with Crippen molar-refractivity contribution >= 4 is 0 Å². The van der Waals surface area contributed by atoms with Crippen LogP contribution >= 0.6 is 0 Å². The first-order valence-electron chi connectivity index (χ1n) is 3.88. The van der Waals surface area contributed by atoms with E-state index in [0.29, 0.717) is 5.92 Å². The summed E-state index contributed by atoms with van der Waals surface area (Å²) < 4.78 is 0. The average Bonchev–Trinajstić information content (AvgIpc) is 1.95. The number of hydrogen-bond donors (Lipinski definition) is 1. The Hall–Kier alpha value is -0.720. The highest BCUT2D eigenvalue weighted by molar-refractivity contribution is 5.27. The first-order valence-corrected chi connectivity index (χ1v) is 3.88. The monoisotopic (exact) mass is 137 g/mol. The Kier molecular flexibility index (Phi) is 2.15. The molecule has 0 spiro atoms. The molecular formula is C9H15N. The lowest BCUT2D eigenvalue weighted by Crippen LogP contribution is -2.10.